The SMILES string of the molecule is C=C(C)N(C/C=C/C1CC=CCC1)CC(C)C. The summed E-state index contributed by atoms with van der Waals surface area (Å²) in [6, 6.07) is 0. The van der Waals surface area contributed by atoms with Crippen LogP contribution in [0.2, 0.25) is 0 Å². The van der Waals surface area contributed by atoms with Crippen molar-refractivity contribution in [2.24, 2.45) is 11.8 Å². The van der Waals surface area contributed by atoms with Gasteiger partial charge in [0.1, 0.15) is 0 Å². The number of allylic oxidation sites excluding steroid dienone is 4. The first-order valence-electron chi connectivity index (χ1n) is 6.81. The van der Waals surface area contributed by atoms with Crippen LogP contribution >= 0.6 is 0 Å². The fourth-order valence-corrected chi connectivity index (χ4v) is 2.20. The summed E-state index contributed by atoms with van der Waals surface area (Å²) in [7, 11) is 0. The Morgan fingerprint density at radius 2 is 2.24 bits per heavy atom. The minimum Gasteiger partial charge on any atom is -0.372 e. The monoisotopic (exact) mass is 233 g/mol. The fraction of sp³-hybridized carbons (Fsp3) is 0.625. The molecule has 0 radical (unpaired) electrons. The van der Waals surface area contributed by atoms with Crippen LogP contribution in [0.25, 0.3) is 0 Å². The molecule has 17 heavy (non-hydrogen) atoms. The van der Waals surface area contributed by atoms with Gasteiger partial charge in [0, 0.05) is 18.8 Å². The van der Waals surface area contributed by atoms with Crippen molar-refractivity contribution in [3.05, 3.63) is 36.6 Å². The maximum absolute atomic E-state index is 4.05. The second-order valence-corrected chi connectivity index (χ2v) is 5.51. The standard InChI is InChI=1S/C16H27N/c1-14(2)13-17(15(3)4)12-8-11-16-9-6-5-7-10-16/h5-6,8,11,14,16H,3,7,9-10,12-13H2,1-2,4H3/b11-8+. The molecule has 0 aromatic heterocycles. The summed E-state index contributed by atoms with van der Waals surface area (Å²) >= 11 is 0. The van der Waals surface area contributed by atoms with Gasteiger partial charge in [0.05, 0.1) is 0 Å². The third-order valence-electron chi connectivity index (χ3n) is 3.17. The first-order chi connectivity index (χ1) is 8.09. The molecular formula is C16H27N. The molecule has 1 nitrogen and oxygen atoms in total. The van der Waals surface area contributed by atoms with Gasteiger partial charge in [0.2, 0.25) is 0 Å². The van der Waals surface area contributed by atoms with Crippen LogP contribution in [0.1, 0.15) is 40.0 Å². The summed E-state index contributed by atoms with van der Waals surface area (Å²) in [6.45, 7) is 12.8. The number of rotatable bonds is 6. The second kappa shape index (κ2) is 7.37. The Balaban J connectivity index is 2.37. The number of hydrogen-bond acceptors (Lipinski definition) is 1. The van der Waals surface area contributed by atoms with Crippen LogP contribution in [0, 0.1) is 11.8 Å². The molecule has 1 unspecified atom stereocenters. The number of nitrogens with zero attached hydrogens (tertiary/aromatic N) is 1. The van der Waals surface area contributed by atoms with Crippen LogP contribution in [-0.2, 0) is 0 Å². The fourth-order valence-electron chi connectivity index (χ4n) is 2.20. The van der Waals surface area contributed by atoms with Gasteiger partial charge in [0.15, 0.2) is 0 Å². The lowest BCUT2D eigenvalue weighted by Crippen LogP contribution is -2.25. The Hall–Kier alpha value is -0.980. The molecule has 0 amide bonds. The van der Waals surface area contributed by atoms with Crippen molar-refractivity contribution in [1.29, 1.82) is 0 Å². The topological polar surface area (TPSA) is 3.24 Å². The van der Waals surface area contributed by atoms with E-state index in [-0.39, 0.29) is 0 Å². The molecule has 0 bridgehead atoms. The summed E-state index contributed by atoms with van der Waals surface area (Å²) in [5, 5.41) is 0. The van der Waals surface area contributed by atoms with Gasteiger partial charge in [-0.05, 0) is 38.0 Å². The highest BCUT2D eigenvalue weighted by Gasteiger charge is 2.07. The molecule has 1 aliphatic carbocycles. The van der Waals surface area contributed by atoms with E-state index in [0.29, 0.717) is 5.92 Å². The van der Waals surface area contributed by atoms with Gasteiger partial charge in [-0.2, -0.15) is 0 Å². The third kappa shape index (κ3) is 5.76. The zero-order valence-corrected chi connectivity index (χ0v) is 11.7. The van der Waals surface area contributed by atoms with Crippen LogP contribution in [0.5, 0.6) is 0 Å². The van der Waals surface area contributed by atoms with E-state index in [0.717, 1.165) is 19.0 Å². The van der Waals surface area contributed by atoms with Gasteiger partial charge >= 0.3 is 0 Å². The van der Waals surface area contributed by atoms with Gasteiger partial charge < -0.3 is 4.90 Å². The minimum absolute atomic E-state index is 0.692. The van der Waals surface area contributed by atoms with E-state index in [9.17, 15) is 0 Å². The quantitative estimate of drug-likeness (QED) is 0.615. The van der Waals surface area contributed by atoms with Gasteiger partial charge in [-0.25, -0.2) is 0 Å². The summed E-state index contributed by atoms with van der Waals surface area (Å²) in [5.74, 6) is 1.45. The van der Waals surface area contributed by atoms with E-state index in [1.54, 1.807) is 0 Å². The molecule has 0 aromatic carbocycles. The van der Waals surface area contributed by atoms with Gasteiger partial charge in [-0.3, -0.25) is 0 Å². The molecule has 0 fully saturated rings. The molecule has 0 saturated heterocycles. The average Bonchev–Trinajstić information content (AvgIpc) is 2.28. The summed E-state index contributed by atoms with van der Waals surface area (Å²) in [6.07, 6.45) is 13.1. The van der Waals surface area contributed by atoms with Crippen LogP contribution < -0.4 is 0 Å². The highest BCUT2D eigenvalue weighted by molar-refractivity contribution is 5.01. The number of hydrogen-bond donors (Lipinski definition) is 0. The predicted octanol–water partition coefficient (Wildman–Crippen LogP) is 4.39. The minimum atomic E-state index is 0.692. The molecule has 0 spiro atoms. The van der Waals surface area contributed by atoms with E-state index in [4.69, 9.17) is 0 Å². The van der Waals surface area contributed by atoms with Crippen molar-refractivity contribution in [2.45, 2.75) is 40.0 Å². The maximum atomic E-state index is 4.05. The van der Waals surface area contributed by atoms with E-state index in [2.05, 4.69) is 56.6 Å². The Kier molecular flexibility index (Phi) is 6.10. The molecule has 1 atom stereocenters. The summed E-state index contributed by atoms with van der Waals surface area (Å²) in [5.41, 5.74) is 1.17. The first kappa shape index (κ1) is 14.1. The van der Waals surface area contributed by atoms with Crippen molar-refractivity contribution >= 4 is 0 Å². The van der Waals surface area contributed by atoms with Crippen molar-refractivity contribution in [1.82, 2.24) is 4.90 Å². The largest absolute Gasteiger partial charge is 0.372 e. The smallest absolute Gasteiger partial charge is 0.0356 e. The predicted molar refractivity (Wildman–Crippen MR) is 76.8 cm³/mol. The molecule has 1 rings (SSSR count). The molecule has 0 heterocycles. The lowest BCUT2D eigenvalue weighted by molar-refractivity contribution is 0.333. The highest BCUT2D eigenvalue weighted by Crippen LogP contribution is 2.19. The van der Waals surface area contributed by atoms with Crippen molar-refractivity contribution in [3.63, 3.8) is 0 Å². The van der Waals surface area contributed by atoms with E-state index >= 15 is 0 Å². The Labute approximate surface area is 107 Å². The molecule has 0 N–H and O–H groups in total. The zero-order chi connectivity index (χ0) is 12.7. The Morgan fingerprint density at radius 3 is 2.76 bits per heavy atom. The first-order valence-corrected chi connectivity index (χ1v) is 6.81. The van der Waals surface area contributed by atoms with Gasteiger partial charge in [-0.1, -0.05) is 44.7 Å². The van der Waals surface area contributed by atoms with Crippen LogP contribution in [-0.4, -0.2) is 18.0 Å². The zero-order valence-electron chi connectivity index (χ0n) is 11.7. The van der Waals surface area contributed by atoms with Gasteiger partial charge in [0.25, 0.3) is 0 Å². The molecular weight excluding hydrogens is 206 g/mol. The summed E-state index contributed by atoms with van der Waals surface area (Å²) < 4.78 is 0. The average molecular weight is 233 g/mol. The van der Waals surface area contributed by atoms with Crippen LogP contribution in [0.4, 0.5) is 0 Å². The highest BCUT2D eigenvalue weighted by atomic mass is 15.1. The molecule has 96 valence electrons. The Bertz CT molecular complexity index is 286. The lowest BCUT2D eigenvalue weighted by Gasteiger charge is -2.25. The molecule has 0 saturated carbocycles. The normalized spacial score (nSPS) is 20.1. The maximum Gasteiger partial charge on any atom is 0.0356 e. The molecule has 0 aliphatic heterocycles. The molecule has 1 aliphatic rings. The van der Waals surface area contributed by atoms with Crippen LogP contribution in [0.15, 0.2) is 36.6 Å². The van der Waals surface area contributed by atoms with Crippen LogP contribution in [0.3, 0.4) is 0 Å². The van der Waals surface area contributed by atoms with E-state index in [1.165, 1.54) is 25.0 Å². The van der Waals surface area contributed by atoms with E-state index < -0.39 is 0 Å². The van der Waals surface area contributed by atoms with Gasteiger partial charge in [-0.15, -0.1) is 0 Å². The second-order valence-electron chi connectivity index (χ2n) is 5.51. The third-order valence-corrected chi connectivity index (χ3v) is 3.17. The molecule has 1 heteroatoms. The summed E-state index contributed by atoms with van der Waals surface area (Å²) in [4.78, 5) is 2.36. The van der Waals surface area contributed by atoms with Crippen molar-refractivity contribution in [2.75, 3.05) is 13.1 Å². The van der Waals surface area contributed by atoms with Crippen molar-refractivity contribution in [3.8, 4) is 0 Å². The van der Waals surface area contributed by atoms with Crippen molar-refractivity contribution < 1.29 is 0 Å². The van der Waals surface area contributed by atoms with E-state index in [1.807, 2.05) is 0 Å². The Morgan fingerprint density at radius 1 is 1.47 bits per heavy atom. The lowest BCUT2D eigenvalue weighted by atomic mass is 9.94. The molecule has 0 aromatic rings.